The van der Waals surface area contributed by atoms with Crippen molar-refractivity contribution in [3.63, 3.8) is 0 Å². The second kappa shape index (κ2) is 15.9. The van der Waals surface area contributed by atoms with E-state index in [-0.39, 0.29) is 0 Å². The Morgan fingerprint density at radius 1 is 0.381 bits per heavy atom. The SMILES string of the molecule is N#Cc1ccc(-c2ccc3c(c2)c2cc(-c4ccc(C#N)cc4C#N)ccc2n3-c2ccc(-c3ccccn3)c(-c3nc(-c4ccccc4)nc(-c4ccccc4)n3)c2)c(C#N)c1. The molecule has 3 heterocycles. The molecule has 0 fully saturated rings. The van der Waals surface area contributed by atoms with E-state index in [0.29, 0.717) is 50.9 Å². The van der Waals surface area contributed by atoms with Gasteiger partial charge < -0.3 is 4.57 Å². The molecule has 0 N–H and O–H groups in total. The van der Waals surface area contributed by atoms with Crippen molar-refractivity contribution in [2.24, 2.45) is 0 Å². The van der Waals surface area contributed by atoms with Crippen LogP contribution in [-0.4, -0.2) is 24.5 Å². The Hall–Kier alpha value is -9.54. The fourth-order valence-corrected chi connectivity index (χ4v) is 8.08. The lowest BCUT2D eigenvalue weighted by Gasteiger charge is -2.15. The van der Waals surface area contributed by atoms with Crippen LogP contribution in [0.3, 0.4) is 0 Å². The van der Waals surface area contributed by atoms with Gasteiger partial charge in [-0.25, -0.2) is 15.0 Å². The van der Waals surface area contributed by atoms with E-state index in [0.717, 1.165) is 66.6 Å². The normalized spacial score (nSPS) is 10.8. The van der Waals surface area contributed by atoms with Gasteiger partial charge in [-0.1, -0.05) is 91.0 Å². The van der Waals surface area contributed by atoms with E-state index in [1.54, 1.807) is 30.5 Å². The van der Waals surface area contributed by atoms with Gasteiger partial charge in [0.1, 0.15) is 0 Å². The van der Waals surface area contributed by atoms with Crippen molar-refractivity contribution in [2.75, 3.05) is 0 Å². The van der Waals surface area contributed by atoms with Gasteiger partial charge >= 0.3 is 0 Å². The van der Waals surface area contributed by atoms with Gasteiger partial charge in [-0.15, -0.1) is 0 Å². The van der Waals surface area contributed by atoms with Crippen LogP contribution in [-0.2, 0) is 0 Å². The molecule has 0 atom stereocenters. The maximum atomic E-state index is 10.1. The molecule has 7 aromatic carbocycles. The number of benzene rings is 7. The molecule has 0 unspecified atom stereocenters. The molecule has 0 aliphatic rings. The minimum atomic E-state index is 0.394. The summed E-state index contributed by atoms with van der Waals surface area (Å²) < 4.78 is 2.19. The topological polar surface area (TPSA) is 152 Å². The first-order valence-corrected chi connectivity index (χ1v) is 19.9. The molecule has 0 spiro atoms. The number of hydrogen-bond acceptors (Lipinski definition) is 8. The molecule has 9 heteroatoms. The van der Waals surface area contributed by atoms with Gasteiger partial charge in [0.05, 0.1) is 63.3 Å². The highest BCUT2D eigenvalue weighted by Crippen LogP contribution is 2.40. The third-order valence-corrected chi connectivity index (χ3v) is 11.1. The highest BCUT2D eigenvalue weighted by Gasteiger charge is 2.21. The fourth-order valence-electron chi connectivity index (χ4n) is 8.08. The second-order valence-corrected chi connectivity index (χ2v) is 14.8. The number of fused-ring (bicyclic) bond motifs is 3. The lowest BCUT2D eigenvalue weighted by molar-refractivity contribution is 1.07. The van der Waals surface area contributed by atoms with Crippen molar-refractivity contribution >= 4 is 21.8 Å². The van der Waals surface area contributed by atoms with Crippen LogP contribution in [0, 0.1) is 45.3 Å². The number of hydrogen-bond donors (Lipinski definition) is 0. The van der Waals surface area contributed by atoms with Crippen LogP contribution in [0.4, 0.5) is 0 Å². The Morgan fingerprint density at radius 3 is 1.38 bits per heavy atom. The lowest BCUT2D eigenvalue weighted by Crippen LogP contribution is -2.02. The zero-order valence-electron chi connectivity index (χ0n) is 33.3. The van der Waals surface area contributed by atoms with E-state index in [9.17, 15) is 21.0 Å². The van der Waals surface area contributed by atoms with E-state index in [2.05, 4.69) is 53.1 Å². The van der Waals surface area contributed by atoms with E-state index >= 15 is 0 Å². The first kappa shape index (κ1) is 37.7. The predicted octanol–water partition coefficient (Wildman–Crippen LogP) is 11.9. The minimum absolute atomic E-state index is 0.394. The summed E-state index contributed by atoms with van der Waals surface area (Å²) in [6.45, 7) is 0. The first-order chi connectivity index (χ1) is 31.0. The molecule has 0 saturated heterocycles. The van der Waals surface area contributed by atoms with Crippen LogP contribution in [0.5, 0.6) is 0 Å². The number of pyridine rings is 1. The first-order valence-electron chi connectivity index (χ1n) is 19.9. The standard InChI is InChI=1S/C54H29N9/c55-30-34-14-19-43(40(25-34)32-57)38-16-22-50-46(27-38)47-28-39(44-20-15-35(31-56)26-41(44)33-58)17-23-51(47)63(50)42-18-21-45(49-13-7-8-24-59-49)48(29-42)54-61-52(36-9-3-1-4-10-36)60-53(62-54)37-11-5-2-6-12-37/h1-29H. The van der Waals surface area contributed by atoms with Crippen molar-refractivity contribution in [1.82, 2.24) is 24.5 Å². The van der Waals surface area contributed by atoms with Crippen molar-refractivity contribution < 1.29 is 0 Å². The molecule has 63 heavy (non-hydrogen) atoms. The molecule has 0 bridgehead atoms. The van der Waals surface area contributed by atoms with E-state index in [4.69, 9.17) is 19.9 Å². The van der Waals surface area contributed by atoms with Crippen molar-refractivity contribution in [3.8, 4) is 97.6 Å². The minimum Gasteiger partial charge on any atom is -0.309 e. The van der Waals surface area contributed by atoms with Crippen molar-refractivity contribution in [3.05, 3.63) is 198 Å². The van der Waals surface area contributed by atoms with Crippen LogP contribution >= 0.6 is 0 Å². The summed E-state index contributed by atoms with van der Waals surface area (Å²) in [4.78, 5) is 20.0. The highest BCUT2D eigenvalue weighted by molar-refractivity contribution is 6.12. The van der Waals surface area contributed by atoms with Gasteiger partial charge in [0, 0.05) is 44.9 Å². The van der Waals surface area contributed by atoms with Gasteiger partial charge in [-0.2, -0.15) is 21.0 Å². The summed E-state index contributed by atoms with van der Waals surface area (Å²) in [6, 6.07) is 63.0. The van der Waals surface area contributed by atoms with E-state index in [1.165, 1.54) is 0 Å². The van der Waals surface area contributed by atoms with Crippen molar-refractivity contribution in [1.29, 1.82) is 21.0 Å². The quantitative estimate of drug-likeness (QED) is 0.154. The van der Waals surface area contributed by atoms with Gasteiger partial charge in [0.25, 0.3) is 0 Å². The molecule has 0 aliphatic carbocycles. The Bertz CT molecular complexity index is 3420. The average molecular weight is 804 g/mol. The zero-order chi connectivity index (χ0) is 42.9. The van der Waals surface area contributed by atoms with Crippen LogP contribution in [0.25, 0.3) is 95.2 Å². The van der Waals surface area contributed by atoms with Gasteiger partial charge in [0.2, 0.25) is 0 Å². The largest absolute Gasteiger partial charge is 0.309 e. The summed E-state index contributed by atoms with van der Waals surface area (Å²) in [5.41, 5.74) is 11.3. The lowest BCUT2D eigenvalue weighted by atomic mass is 9.95. The number of nitriles is 4. The maximum Gasteiger partial charge on any atom is 0.164 e. The van der Waals surface area contributed by atoms with Gasteiger partial charge in [0.15, 0.2) is 17.5 Å². The molecular formula is C54H29N9. The molecule has 290 valence electrons. The second-order valence-electron chi connectivity index (χ2n) is 14.8. The number of aromatic nitrogens is 5. The monoisotopic (exact) mass is 803 g/mol. The summed E-state index contributed by atoms with van der Waals surface area (Å²) in [5, 5.41) is 41.2. The Labute approximate surface area is 362 Å². The third kappa shape index (κ3) is 6.87. The smallest absolute Gasteiger partial charge is 0.164 e. The fraction of sp³-hybridized carbons (Fsp3) is 0. The Morgan fingerprint density at radius 2 is 0.889 bits per heavy atom. The van der Waals surface area contributed by atoms with E-state index < -0.39 is 0 Å². The predicted molar refractivity (Wildman–Crippen MR) is 243 cm³/mol. The van der Waals surface area contributed by atoms with Crippen molar-refractivity contribution in [2.45, 2.75) is 0 Å². The molecule has 0 amide bonds. The summed E-state index contributed by atoms with van der Waals surface area (Å²) in [6.07, 6.45) is 1.77. The number of nitrogens with zero attached hydrogens (tertiary/aromatic N) is 9. The molecule has 10 aromatic rings. The van der Waals surface area contributed by atoms with Crippen LogP contribution < -0.4 is 0 Å². The molecule has 3 aromatic heterocycles. The number of rotatable bonds is 7. The molecule has 0 radical (unpaired) electrons. The zero-order valence-corrected chi connectivity index (χ0v) is 33.3. The molecule has 9 nitrogen and oxygen atoms in total. The van der Waals surface area contributed by atoms with E-state index in [1.807, 2.05) is 121 Å². The Kier molecular flexibility index (Phi) is 9.52. The summed E-state index contributed by atoms with van der Waals surface area (Å²) in [5.74, 6) is 1.55. The van der Waals surface area contributed by atoms with Crippen LogP contribution in [0.1, 0.15) is 22.3 Å². The summed E-state index contributed by atoms with van der Waals surface area (Å²) in [7, 11) is 0. The van der Waals surface area contributed by atoms with Crippen LogP contribution in [0.15, 0.2) is 176 Å². The molecule has 0 saturated carbocycles. The molecule has 10 rings (SSSR count). The average Bonchev–Trinajstić information content (AvgIpc) is 3.69. The van der Waals surface area contributed by atoms with Crippen LogP contribution in [0.2, 0.25) is 0 Å². The third-order valence-electron chi connectivity index (χ3n) is 11.1. The Balaban J connectivity index is 1.24. The van der Waals surface area contributed by atoms with Gasteiger partial charge in [-0.05, 0) is 101 Å². The molecular weight excluding hydrogens is 775 g/mol. The maximum absolute atomic E-state index is 10.1. The highest BCUT2D eigenvalue weighted by atomic mass is 15.0. The molecule has 0 aliphatic heterocycles. The van der Waals surface area contributed by atoms with Gasteiger partial charge in [-0.3, -0.25) is 4.98 Å². The summed E-state index contributed by atoms with van der Waals surface area (Å²) >= 11 is 0.